The summed E-state index contributed by atoms with van der Waals surface area (Å²) in [6, 6.07) is 3.35. The first-order valence-corrected chi connectivity index (χ1v) is 9.23. The van der Waals surface area contributed by atoms with Gasteiger partial charge in [-0.25, -0.2) is 4.98 Å². The van der Waals surface area contributed by atoms with Crippen molar-refractivity contribution >= 4 is 11.9 Å². The van der Waals surface area contributed by atoms with E-state index in [1.54, 1.807) is 30.9 Å². The number of aliphatic carboxylic acids is 1. The molecule has 0 radical (unpaired) electrons. The van der Waals surface area contributed by atoms with E-state index in [2.05, 4.69) is 4.98 Å². The summed E-state index contributed by atoms with van der Waals surface area (Å²) in [7, 11) is 0. The zero-order chi connectivity index (χ0) is 19.0. The van der Waals surface area contributed by atoms with Crippen LogP contribution in [0.5, 0.6) is 0 Å². The molecule has 8 nitrogen and oxygen atoms in total. The number of nitrogens with zero attached hydrogens (tertiary/aromatic N) is 3. The molecule has 0 bridgehead atoms. The molecule has 4 rings (SSSR count). The summed E-state index contributed by atoms with van der Waals surface area (Å²) in [4.78, 5) is 30.4. The van der Waals surface area contributed by atoms with Gasteiger partial charge in [-0.2, -0.15) is 0 Å². The van der Waals surface area contributed by atoms with Crippen molar-refractivity contribution in [3.63, 3.8) is 0 Å². The Morgan fingerprint density at radius 2 is 2.11 bits per heavy atom. The van der Waals surface area contributed by atoms with Crippen LogP contribution in [0.25, 0.3) is 0 Å². The van der Waals surface area contributed by atoms with Gasteiger partial charge in [0, 0.05) is 25.5 Å². The molecule has 144 valence electrons. The predicted molar refractivity (Wildman–Crippen MR) is 94.0 cm³/mol. The Kier molecular flexibility index (Phi) is 4.51. The van der Waals surface area contributed by atoms with Crippen molar-refractivity contribution in [1.82, 2.24) is 14.5 Å². The minimum Gasteiger partial charge on any atom is -0.481 e. The molecule has 0 aromatic carbocycles. The van der Waals surface area contributed by atoms with Gasteiger partial charge < -0.3 is 24.1 Å². The molecular formula is C19H23N3O5. The molecule has 1 saturated carbocycles. The van der Waals surface area contributed by atoms with Crippen molar-refractivity contribution in [2.45, 2.75) is 38.3 Å². The largest absolute Gasteiger partial charge is 0.481 e. The SMILES string of the molecule is O=C(c1ccc(Cn2ccnc2)o1)N1CC[C@@H](O)[C@](CC2CC2)(C(=O)O)C1. The van der Waals surface area contributed by atoms with Gasteiger partial charge in [0.15, 0.2) is 5.76 Å². The van der Waals surface area contributed by atoms with Crippen molar-refractivity contribution in [3.05, 3.63) is 42.4 Å². The average Bonchev–Trinajstić information content (AvgIpc) is 3.10. The van der Waals surface area contributed by atoms with E-state index in [1.165, 1.54) is 4.90 Å². The van der Waals surface area contributed by atoms with E-state index in [4.69, 9.17) is 4.42 Å². The van der Waals surface area contributed by atoms with Crippen molar-refractivity contribution in [1.29, 1.82) is 0 Å². The second-order valence-electron chi connectivity index (χ2n) is 7.64. The molecule has 8 heteroatoms. The zero-order valence-corrected chi connectivity index (χ0v) is 15.0. The molecule has 2 aliphatic rings. The van der Waals surface area contributed by atoms with E-state index in [-0.39, 0.29) is 24.6 Å². The lowest BCUT2D eigenvalue weighted by Gasteiger charge is -2.43. The quantitative estimate of drug-likeness (QED) is 0.796. The number of amides is 1. The van der Waals surface area contributed by atoms with E-state index in [1.807, 2.05) is 4.57 Å². The molecule has 3 heterocycles. The third-order valence-electron chi connectivity index (χ3n) is 5.62. The van der Waals surface area contributed by atoms with Gasteiger partial charge >= 0.3 is 5.97 Å². The van der Waals surface area contributed by atoms with Crippen LogP contribution in [0.3, 0.4) is 0 Å². The fourth-order valence-electron chi connectivity index (χ4n) is 3.88. The first kappa shape index (κ1) is 17.8. The maximum atomic E-state index is 12.9. The summed E-state index contributed by atoms with van der Waals surface area (Å²) in [6.45, 7) is 0.792. The number of carboxylic acid groups (broad SMARTS) is 1. The number of rotatable bonds is 6. The number of aromatic nitrogens is 2. The normalized spacial score (nSPS) is 25.5. The number of imidazole rings is 1. The second-order valence-corrected chi connectivity index (χ2v) is 7.64. The highest BCUT2D eigenvalue weighted by Crippen LogP contribution is 2.45. The van der Waals surface area contributed by atoms with E-state index in [9.17, 15) is 19.8 Å². The molecular weight excluding hydrogens is 350 g/mol. The number of hydrogen-bond acceptors (Lipinski definition) is 5. The van der Waals surface area contributed by atoms with Gasteiger partial charge in [-0.3, -0.25) is 9.59 Å². The predicted octanol–water partition coefficient (Wildman–Crippen LogP) is 1.60. The molecule has 2 aromatic heterocycles. The fourth-order valence-corrected chi connectivity index (χ4v) is 3.88. The lowest BCUT2D eigenvalue weighted by molar-refractivity contribution is -0.163. The summed E-state index contributed by atoms with van der Waals surface area (Å²) < 4.78 is 7.50. The van der Waals surface area contributed by atoms with Crippen molar-refractivity contribution in [3.8, 4) is 0 Å². The molecule has 1 amide bonds. The Balaban J connectivity index is 1.49. The van der Waals surface area contributed by atoms with E-state index in [0.29, 0.717) is 31.2 Å². The van der Waals surface area contributed by atoms with Gasteiger partial charge in [0.05, 0.1) is 19.0 Å². The maximum Gasteiger partial charge on any atom is 0.314 e. The summed E-state index contributed by atoms with van der Waals surface area (Å²) in [5.41, 5.74) is -1.29. The highest BCUT2D eigenvalue weighted by atomic mass is 16.4. The number of carbonyl (C=O) groups excluding carboxylic acids is 1. The van der Waals surface area contributed by atoms with E-state index in [0.717, 1.165) is 12.8 Å². The van der Waals surface area contributed by atoms with Crippen LogP contribution in [0.2, 0.25) is 0 Å². The Hall–Kier alpha value is -2.61. The third-order valence-corrected chi connectivity index (χ3v) is 5.62. The maximum absolute atomic E-state index is 12.9. The van der Waals surface area contributed by atoms with Gasteiger partial charge in [-0.1, -0.05) is 12.8 Å². The van der Waals surface area contributed by atoms with Crippen molar-refractivity contribution in [2.75, 3.05) is 13.1 Å². The van der Waals surface area contributed by atoms with Crippen molar-refractivity contribution < 1.29 is 24.2 Å². The van der Waals surface area contributed by atoms with E-state index < -0.39 is 17.5 Å². The molecule has 0 spiro atoms. The lowest BCUT2D eigenvalue weighted by atomic mass is 9.73. The summed E-state index contributed by atoms with van der Waals surface area (Å²) in [5, 5.41) is 20.3. The van der Waals surface area contributed by atoms with Gasteiger partial charge in [0.1, 0.15) is 11.2 Å². The van der Waals surface area contributed by atoms with Crippen LogP contribution in [-0.2, 0) is 11.3 Å². The number of carboxylic acids is 1. The Morgan fingerprint density at radius 1 is 1.30 bits per heavy atom. The highest BCUT2D eigenvalue weighted by Gasteiger charge is 2.52. The highest BCUT2D eigenvalue weighted by molar-refractivity contribution is 5.92. The molecule has 1 aliphatic carbocycles. The average molecular weight is 373 g/mol. The number of likely N-dealkylation sites (tertiary alicyclic amines) is 1. The second kappa shape index (κ2) is 6.84. The summed E-state index contributed by atoms with van der Waals surface area (Å²) in [6.07, 6.45) is 6.85. The topological polar surface area (TPSA) is 109 Å². The molecule has 2 N–H and O–H groups in total. The standard InChI is InChI=1S/C19H23N3O5/c23-16-5-7-22(11-19(16,18(25)26)9-13-1-2-13)17(24)15-4-3-14(27-15)10-21-8-6-20-12-21/h3-4,6,8,12-13,16,23H,1-2,5,7,9-11H2,(H,25,26)/t16-,19-/m1/s1. The number of aliphatic hydroxyl groups excluding tert-OH is 1. The lowest BCUT2D eigenvalue weighted by Crippen LogP contribution is -2.57. The fraction of sp³-hybridized carbons (Fsp3) is 0.526. The monoisotopic (exact) mass is 373 g/mol. The Morgan fingerprint density at radius 3 is 2.78 bits per heavy atom. The number of hydrogen-bond donors (Lipinski definition) is 2. The first-order chi connectivity index (χ1) is 13.0. The van der Waals surface area contributed by atoms with Crippen LogP contribution in [0.4, 0.5) is 0 Å². The smallest absolute Gasteiger partial charge is 0.314 e. The number of carbonyl (C=O) groups is 2. The first-order valence-electron chi connectivity index (χ1n) is 9.23. The molecule has 2 fully saturated rings. The van der Waals surface area contributed by atoms with E-state index >= 15 is 0 Å². The molecule has 1 saturated heterocycles. The van der Waals surface area contributed by atoms with Crippen LogP contribution in [0.1, 0.15) is 42.0 Å². The number of furan rings is 1. The number of piperidine rings is 1. The minimum absolute atomic E-state index is 0.0103. The van der Waals surface area contributed by atoms with Gasteiger partial charge in [-0.05, 0) is 30.9 Å². The molecule has 2 atom stereocenters. The van der Waals surface area contributed by atoms with Crippen LogP contribution < -0.4 is 0 Å². The minimum atomic E-state index is -1.29. The van der Waals surface area contributed by atoms with Gasteiger partial charge in [-0.15, -0.1) is 0 Å². The molecule has 27 heavy (non-hydrogen) atoms. The van der Waals surface area contributed by atoms with Crippen molar-refractivity contribution in [2.24, 2.45) is 11.3 Å². The Bertz CT molecular complexity index is 826. The van der Waals surface area contributed by atoms with Gasteiger partial charge in [0.2, 0.25) is 0 Å². The summed E-state index contributed by atoms with van der Waals surface area (Å²) >= 11 is 0. The zero-order valence-electron chi connectivity index (χ0n) is 15.0. The van der Waals surface area contributed by atoms with Crippen LogP contribution in [0, 0.1) is 11.3 Å². The third kappa shape index (κ3) is 3.49. The van der Waals surface area contributed by atoms with Crippen LogP contribution in [0.15, 0.2) is 35.3 Å². The molecule has 2 aromatic rings. The van der Waals surface area contributed by atoms with Gasteiger partial charge in [0.25, 0.3) is 5.91 Å². The molecule has 1 aliphatic heterocycles. The van der Waals surface area contributed by atoms with Crippen LogP contribution in [-0.4, -0.2) is 55.7 Å². The van der Waals surface area contributed by atoms with Crippen LogP contribution >= 0.6 is 0 Å². The molecule has 0 unspecified atom stereocenters. The number of aliphatic hydroxyl groups is 1. The summed E-state index contributed by atoms with van der Waals surface area (Å²) in [5.74, 6) is -0.223. The Labute approximate surface area is 156 Å².